The second-order valence-electron chi connectivity index (χ2n) is 5.41. The number of fused-ring (bicyclic) bond motifs is 1. The summed E-state index contributed by atoms with van der Waals surface area (Å²) in [6.07, 6.45) is 0. The molecule has 0 spiro atoms. The van der Waals surface area contributed by atoms with Crippen molar-refractivity contribution in [2.75, 3.05) is 31.9 Å². The first kappa shape index (κ1) is 14.2. The van der Waals surface area contributed by atoms with Gasteiger partial charge in [-0.3, -0.25) is 0 Å². The third-order valence-electron chi connectivity index (χ3n) is 4.07. The number of sulfonamides is 1. The van der Waals surface area contributed by atoms with Gasteiger partial charge < -0.3 is 16.0 Å². The van der Waals surface area contributed by atoms with Crippen molar-refractivity contribution in [1.29, 1.82) is 0 Å². The van der Waals surface area contributed by atoms with E-state index in [1.165, 1.54) is 10.4 Å². The van der Waals surface area contributed by atoms with Crippen LogP contribution in [0.2, 0.25) is 0 Å². The normalized spacial score (nSPS) is 23.0. The van der Waals surface area contributed by atoms with Crippen LogP contribution in [0.4, 0.5) is 10.5 Å². The van der Waals surface area contributed by atoms with Crippen LogP contribution in [0.15, 0.2) is 23.1 Å². The molecule has 0 aromatic heterocycles. The van der Waals surface area contributed by atoms with Crippen molar-refractivity contribution >= 4 is 21.7 Å². The van der Waals surface area contributed by atoms with Crippen LogP contribution in [-0.2, 0) is 10.0 Å². The average Bonchev–Trinajstić information content (AvgIpc) is 2.83. The molecule has 0 radical (unpaired) electrons. The Labute approximate surface area is 123 Å². The molecule has 1 atom stereocenters. The van der Waals surface area contributed by atoms with Gasteiger partial charge in [0, 0.05) is 31.9 Å². The first-order chi connectivity index (χ1) is 9.89. The number of benzene rings is 1. The fourth-order valence-corrected chi connectivity index (χ4v) is 4.31. The molecule has 1 aromatic carbocycles. The van der Waals surface area contributed by atoms with Gasteiger partial charge in [0.2, 0.25) is 10.0 Å². The van der Waals surface area contributed by atoms with E-state index in [-0.39, 0.29) is 17.0 Å². The summed E-state index contributed by atoms with van der Waals surface area (Å²) in [5.41, 5.74) is 7.05. The zero-order valence-electron chi connectivity index (χ0n) is 11.7. The van der Waals surface area contributed by atoms with Gasteiger partial charge in [-0.1, -0.05) is 0 Å². The Kier molecular flexibility index (Phi) is 3.29. The van der Waals surface area contributed by atoms with Crippen LogP contribution in [0.1, 0.15) is 5.56 Å². The summed E-state index contributed by atoms with van der Waals surface area (Å²) in [5.74, 6) is 0. The maximum atomic E-state index is 12.7. The molecule has 8 heteroatoms. The minimum absolute atomic E-state index is 0.0871. The Hall–Kier alpha value is -1.80. The number of nitrogens with two attached hydrogens (primary N) is 1. The molecule has 0 aliphatic carbocycles. The van der Waals surface area contributed by atoms with Gasteiger partial charge >= 0.3 is 6.03 Å². The zero-order valence-corrected chi connectivity index (χ0v) is 12.6. The minimum atomic E-state index is -3.55. The largest absolute Gasteiger partial charge is 0.399 e. The molecule has 0 saturated carbocycles. The number of aryl methyl sites for hydroxylation is 1. The molecule has 1 unspecified atom stereocenters. The van der Waals surface area contributed by atoms with Crippen LogP contribution >= 0.6 is 0 Å². The van der Waals surface area contributed by atoms with E-state index in [0.717, 1.165) is 5.56 Å². The number of amides is 2. The Balaban J connectivity index is 1.85. The summed E-state index contributed by atoms with van der Waals surface area (Å²) >= 11 is 0. The average molecular weight is 310 g/mol. The van der Waals surface area contributed by atoms with Crippen molar-refractivity contribution < 1.29 is 13.2 Å². The smallest absolute Gasteiger partial charge is 0.317 e. The molecule has 114 valence electrons. The quantitative estimate of drug-likeness (QED) is 0.750. The van der Waals surface area contributed by atoms with Crippen LogP contribution in [0.3, 0.4) is 0 Å². The van der Waals surface area contributed by atoms with Crippen LogP contribution in [0.5, 0.6) is 0 Å². The minimum Gasteiger partial charge on any atom is -0.399 e. The highest BCUT2D eigenvalue weighted by Gasteiger charge is 2.39. The highest BCUT2D eigenvalue weighted by molar-refractivity contribution is 7.89. The molecule has 7 nitrogen and oxygen atoms in total. The van der Waals surface area contributed by atoms with E-state index in [2.05, 4.69) is 5.32 Å². The van der Waals surface area contributed by atoms with E-state index in [0.29, 0.717) is 31.9 Å². The van der Waals surface area contributed by atoms with E-state index in [4.69, 9.17) is 5.73 Å². The molecule has 2 saturated heterocycles. The molecular weight excluding hydrogens is 292 g/mol. The second kappa shape index (κ2) is 4.88. The Morgan fingerprint density at radius 1 is 1.33 bits per heavy atom. The topological polar surface area (TPSA) is 95.7 Å². The van der Waals surface area contributed by atoms with Crippen molar-refractivity contribution in [2.24, 2.45) is 0 Å². The molecule has 0 bridgehead atoms. The number of carbonyl (C=O) groups excluding carboxylic acids is 1. The predicted octanol–water partition coefficient (Wildman–Crippen LogP) is -0.0247. The van der Waals surface area contributed by atoms with Crippen molar-refractivity contribution in [3.8, 4) is 0 Å². The lowest BCUT2D eigenvalue weighted by Gasteiger charge is -2.35. The monoisotopic (exact) mass is 310 g/mol. The molecule has 2 heterocycles. The van der Waals surface area contributed by atoms with Gasteiger partial charge in [0.1, 0.15) is 0 Å². The molecule has 3 N–H and O–H groups in total. The molecule has 2 amide bonds. The number of anilines is 1. The second-order valence-corrected chi connectivity index (χ2v) is 7.35. The lowest BCUT2D eigenvalue weighted by atomic mass is 10.2. The maximum Gasteiger partial charge on any atom is 0.317 e. The summed E-state index contributed by atoms with van der Waals surface area (Å²) < 4.78 is 26.8. The number of hydrogen-bond acceptors (Lipinski definition) is 4. The van der Waals surface area contributed by atoms with Gasteiger partial charge in [-0.2, -0.15) is 4.31 Å². The van der Waals surface area contributed by atoms with Crippen LogP contribution < -0.4 is 11.1 Å². The van der Waals surface area contributed by atoms with Crippen molar-refractivity contribution in [2.45, 2.75) is 17.9 Å². The van der Waals surface area contributed by atoms with Gasteiger partial charge in [0.15, 0.2) is 0 Å². The Morgan fingerprint density at radius 3 is 2.81 bits per heavy atom. The third kappa shape index (κ3) is 2.34. The van der Waals surface area contributed by atoms with E-state index in [1.54, 1.807) is 24.0 Å². The lowest BCUT2D eigenvalue weighted by molar-refractivity contribution is 0.164. The number of carbonyl (C=O) groups is 1. The molecule has 2 fully saturated rings. The molecule has 21 heavy (non-hydrogen) atoms. The van der Waals surface area contributed by atoms with E-state index < -0.39 is 10.0 Å². The molecule has 2 aliphatic heterocycles. The highest BCUT2D eigenvalue weighted by atomic mass is 32.2. The highest BCUT2D eigenvalue weighted by Crippen LogP contribution is 2.24. The SMILES string of the molecule is Cc1cc(S(=O)(=O)N2CCN3C(=O)NCC3C2)ccc1N. The number of nitrogens with one attached hydrogen (secondary N) is 1. The Bertz CT molecular complexity index is 689. The summed E-state index contributed by atoms with van der Waals surface area (Å²) in [6.45, 7) is 3.33. The van der Waals surface area contributed by atoms with Crippen LogP contribution in [-0.4, -0.2) is 55.9 Å². The van der Waals surface area contributed by atoms with Gasteiger partial charge in [-0.25, -0.2) is 13.2 Å². The number of urea groups is 1. The molecule has 1 aromatic rings. The zero-order chi connectivity index (χ0) is 15.2. The number of hydrogen-bond donors (Lipinski definition) is 2. The summed E-state index contributed by atoms with van der Waals surface area (Å²) in [5, 5.41) is 2.74. The molecule has 3 rings (SSSR count). The Morgan fingerprint density at radius 2 is 2.10 bits per heavy atom. The number of rotatable bonds is 2. The van der Waals surface area contributed by atoms with Gasteiger partial charge in [0.25, 0.3) is 0 Å². The summed E-state index contributed by atoms with van der Waals surface area (Å²) in [4.78, 5) is 13.5. The van der Waals surface area contributed by atoms with Crippen molar-refractivity contribution in [3.05, 3.63) is 23.8 Å². The van der Waals surface area contributed by atoms with Crippen LogP contribution in [0.25, 0.3) is 0 Å². The van der Waals surface area contributed by atoms with E-state index in [9.17, 15) is 13.2 Å². The predicted molar refractivity (Wildman–Crippen MR) is 78.2 cm³/mol. The number of nitrogens with zero attached hydrogens (tertiary/aromatic N) is 2. The fourth-order valence-electron chi connectivity index (χ4n) is 2.75. The van der Waals surface area contributed by atoms with Gasteiger partial charge in [-0.15, -0.1) is 0 Å². The first-order valence-corrected chi connectivity index (χ1v) is 8.24. The fraction of sp³-hybridized carbons (Fsp3) is 0.462. The molecule has 2 aliphatic rings. The maximum absolute atomic E-state index is 12.7. The van der Waals surface area contributed by atoms with Crippen molar-refractivity contribution in [3.63, 3.8) is 0 Å². The van der Waals surface area contributed by atoms with Crippen LogP contribution in [0, 0.1) is 6.92 Å². The first-order valence-electron chi connectivity index (χ1n) is 6.80. The third-order valence-corrected chi connectivity index (χ3v) is 5.94. The summed E-state index contributed by atoms with van der Waals surface area (Å²) in [7, 11) is -3.55. The molecular formula is C13H18N4O3S. The van der Waals surface area contributed by atoms with E-state index in [1.807, 2.05) is 0 Å². The standard InChI is InChI=1S/C13H18N4O3S/c1-9-6-11(2-3-12(9)14)21(19,20)16-4-5-17-10(8-16)7-15-13(17)18/h2-3,6,10H,4-5,7-8,14H2,1H3,(H,15,18). The number of piperazine rings is 1. The lowest BCUT2D eigenvalue weighted by Crippen LogP contribution is -2.53. The van der Waals surface area contributed by atoms with Crippen molar-refractivity contribution in [1.82, 2.24) is 14.5 Å². The van der Waals surface area contributed by atoms with E-state index >= 15 is 0 Å². The van der Waals surface area contributed by atoms with Gasteiger partial charge in [-0.05, 0) is 30.7 Å². The number of nitrogen functional groups attached to an aromatic ring is 1. The summed E-state index contributed by atoms with van der Waals surface area (Å²) in [6, 6.07) is 4.53. The van der Waals surface area contributed by atoms with Gasteiger partial charge in [0.05, 0.1) is 10.9 Å².